The minimum absolute atomic E-state index is 0.0599. The normalized spacial score (nSPS) is 13.9. The van der Waals surface area contributed by atoms with Gasteiger partial charge in [-0.2, -0.15) is 0 Å². The van der Waals surface area contributed by atoms with Crippen molar-refractivity contribution in [3.63, 3.8) is 0 Å². The second kappa shape index (κ2) is 7.91. The number of hydrogen-bond donors (Lipinski definition) is 0. The van der Waals surface area contributed by atoms with E-state index in [0.717, 1.165) is 29.5 Å². The van der Waals surface area contributed by atoms with Gasteiger partial charge in [0.25, 0.3) is 5.56 Å². The second-order valence-corrected chi connectivity index (χ2v) is 8.22. The predicted molar refractivity (Wildman–Crippen MR) is 105 cm³/mol. The molecule has 1 aliphatic carbocycles. The molecule has 25 heavy (non-hydrogen) atoms. The number of aryl methyl sites for hydroxylation is 2. The lowest BCUT2D eigenvalue weighted by Crippen LogP contribution is -2.32. The first-order valence-electron chi connectivity index (χ1n) is 9.06. The molecule has 5 nitrogen and oxygen atoms in total. The molecule has 0 radical (unpaired) electrons. The predicted octanol–water partition coefficient (Wildman–Crippen LogP) is 3.32. The third-order valence-electron chi connectivity index (χ3n) is 4.80. The third kappa shape index (κ3) is 3.49. The van der Waals surface area contributed by atoms with Crippen molar-refractivity contribution in [2.45, 2.75) is 58.2 Å². The minimum Gasteiger partial charge on any atom is -0.343 e. The summed E-state index contributed by atoms with van der Waals surface area (Å²) in [7, 11) is 0. The number of fused-ring (bicyclic) bond motifs is 3. The standard InChI is InChI=1S/C18H25N3O2S2/c1-4-20(5-2)14(22)11-24-18-19-16-15(17(23)21(18)6-3)12-9-7-8-10-13(12)25-16/h4-11H2,1-3H3. The van der Waals surface area contributed by atoms with Crippen molar-refractivity contribution >= 4 is 39.2 Å². The molecule has 2 aromatic heterocycles. The zero-order valence-electron chi connectivity index (χ0n) is 15.1. The van der Waals surface area contributed by atoms with Crippen molar-refractivity contribution in [3.8, 4) is 0 Å². The molecule has 136 valence electrons. The summed E-state index contributed by atoms with van der Waals surface area (Å²) in [5.41, 5.74) is 1.28. The molecule has 3 rings (SSSR count). The van der Waals surface area contributed by atoms with Crippen molar-refractivity contribution in [1.82, 2.24) is 14.5 Å². The van der Waals surface area contributed by atoms with Gasteiger partial charge in [-0.3, -0.25) is 14.2 Å². The molecule has 0 fully saturated rings. The number of rotatable bonds is 6. The first-order valence-corrected chi connectivity index (χ1v) is 10.9. The lowest BCUT2D eigenvalue weighted by Gasteiger charge is -2.18. The van der Waals surface area contributed by atoms with Gasteiger partial charge in [0.2, 0.25) is 5.91 Å². The first-order chi connectivity index (χ1) is 12.1. The zero-order valence-corrected chi connectivity index (χ0v) is 16.8. The Hall–Kier alpha value is -1.34. The molecule has 0 spiro atoms. The summed E-state index contributed by atoms with van der Waals surface area (Å²) in [4.78, 5) is 34.1. The van der Waals surface area contributed by atoms with E-state index in [9.17, 15) is 9.59 Å². The molecule has 2 aromatic rings. The topological polar surface area (TPSA) is 55.2 Å². The van der Waals surface area contributed by atoms with Gasteiger partial charge in [-0.1, -0.05) is 11.8 Å². The molecule has 1 aliphatic rings. The van der Waals surface area contributed by atoms with E-state index in [1.54, 1.807) is 15.9 Å². The van der Waals surface area contributed by atoms with Crippen LogP contribution in [0.5, 0.6) is 0 Å². The number of thioether (sulfide) groups is 1. The van der Waals surface area contributed by atoms with Crippen LogP contribution in [-0.4, -0.2) is 39.2 Å². The van der Waals surface area contributed by atoms with Crippen molar-refractivity contribution < 1.29 is 4.79 Å². The molecule has 0 atom stereocenters. The van der Waals surface area contributed by atoms with Crippen LogP contribution in [0.1, 0.15) is 44.1 Å². The summed E-state index contributed by atoms with van der Waals surface area (Å²) in [5, 5.41) is 1.49. The Bertz CT molecular complexity index is 837. The van der Waals surface area contributed by atoms with Gasteiger partial charge in [0.05, 0.1) is 11.1 Å². The van der Waals surface area contributed by atoms with Crippen molar-refractivity contribution in [2.75, 3.05) is 18.8 Å². The van der Waals surface area contributed by atoms with Gasteiger partial charge in [0, 0.05) is 24.5 Å². The first kappa shape index (κ1) is 18.5. The fourth-order valence-electron chi connectivity index (χ4n) is 3.40. The summed E-state index contributed by atoms with van der Waals surface area (Å²) >= 11 is 3.04. The number of thiophene rings is 1. The molecule has 0 N–H and O–H groups in total. The van der Waals surface area contributed by atoms with Gasteiger partial charge < -0.3 is 4.90 Å². The summed E-state index contributed by atoms with van der Waals surface area (Å²) < 4.78 is 1.73. The van der Waals surface area contributed by atoms with Gasteiger partial charge in [-0.25, -0.2) is 4.98 Å². The summed E-state index contributed by atoms with van der Waals surface area (Å²) in [6.45, 7) is 7.92. The van der Waals surface area contributed by atoms with Gasteiger partial charge in [-0.05, 0) is 52.0 Å². The van der Waals surface area contributed by atoms with Crippen LogP contribution in [0.15, 0.2) is 9.95 Å². The maximum atomic E-state index is 13.0. The van der Waals surface area contributed by atoms with Gasteiger partial charge in [0.1, 0.15) is 4.83 Å². The van der Waals surface area contributed by atoms with Crippen molar-refractivity contribution in [1.29, 1.82) is 0 Å². The van der Waals surface area contributed by atoms with Crippen LogP contribution in [-0.2, 0) is 24.2 Å². The molecular formula is C18H25N3O2S2. The maximum Gasteiger partial charge on any atom is 0.263 e. The third-order valence-corrected chi connectivity index (χ3v) is 6.94. The van der Waals surface area contributed by atoms with Gasteiger partial charge >= 0.3 is 0 Å². The Morgan fingerprint density at radius 2 is 1.96 bits per heavy atom. The average molecular weight is 380 g/mol. The summed E-state index contributed by atoms with van der Waals surface area (Å²) in [5.74, 6) is 0.419. The van der Waals surface area contributed by atoms with E-state index in [1.165, 1.54) is 28.6 Å². The lowest BCUT2D eigenvalue weighted by atomic mass is 9.97. The number of amides is 1. The molecule has 1 amide bonds. The maximum absolute atomic E-state index is 13.0. The highest BCUT2D eigenvalue weighted by Gasteiger charge is 2.22. The summed E-state index contributed by atoms with van der Waals surface area (Å²) in [6, 6.07) is 0. The van der Waals surface area contributed by atoms with E-state index in [1.807, 2.05) is 25.7 Å². The van der Waals surface area contributed by atoms with E-state index in [-0.39, 0.29) is 11.5 Å². The van der Waals surface area contributed by atoms with Crippen LogP contribution in [0.3, 0.4) is 0 Å². The van der Waals surface area contributed by atoms with Gasteiger partial charge in [-0.15, -0.1) is 11.3 Å². The van der Waals surface area contributed by atoms with E-state index < -0.39 is 0 Å². The Balaban J connectivity index is 1.96. The van der Waals surface area contributed by atoms with E-state index in [0.29, 0.717) is 30.5 Å². The molecular weight excluding hydrogens is 354 g/mol. The van der Waals surface area contributed by atoms with Crippen LogP contribution < -0.4 is 5.56 Å². The molecule has 0 saturated heterocycles. The van der Waals surface area contributed by atoms with E-state index in [4.69, 9.17) is 4.98 Å². The molecule has 0 unspecified atom stereocenters. The van der Waals surface area contributed by atoms with Crippen LogP contribution in [0, 0.1) is 0 Å². The molecule has 0 saturated carbocycles. The van der Waals surface area contributed by atoms with Crippen LogP contribution in [0.4, 0.5) is 0 Å². The van der Waals surface area contributed by atoms with Crippen molar-refractivity contribution in [3.05, 3.63) is 20.8 Å². The molecule has 7 heteroatoms. The number of nitrogens with zero attached hydrogens (tertiary/aromatic N) is 3. The molecule has 0 bridgehead atoms. The van der Waals surface area contributed by atoms with Gasteiger partial charge in [0.15, 0.2) is 5.16 Å². The monoisotopic (exact) mass is 379 g/mol. The Labute approximate surface area is 156 Å². The number of hydrogen-bond acceptors (Lipinski definition) is 5. The summed E-state index contributed by atoms with van der Waals surface area (Å²) in [6.07, 6.45) is 4.40. The Morgan fingerprint density at radius 1 is 1.24 bits per heavy atom. The van der Waals surface area contributed by atoms with Crippen LogP contribution in [0.25, 0.3) is 10.2 Å². The highest BCUT2D eigenvalue weighted by atomic mass is 32.2. The fourth-order valence-corrected chi connectivity index (χ4v) is 5.67. The van der Waals surface area contributed by atoms with Crippen LogP contribution >= 0.6 is 23.1 Å². The second-order valence-electron chi connectivity index (χ2n) is 6.19. The fraction of sp³-hybridized carbons (Fsp3) is 0.611. The van der Waals surface area contributed by atoms with Crippen LogP contribution in [0.2, 0.25) is 0 Å². The highest BCUT2D eigenvalue weighted by molar-refractivity contribution is 7.99. The Kier molecular flexibility index (Phi) is 5.84. The van der Waals surface area contributed by atoms with E-state index >= 15 is 0 Å². The van der Waals surface area contributed by atoms with E-state index in [2.05, 4.69) is 0 Å². The lowest BCUT2D eigenvalue weighted by molar-refractivity contribution is -0.127. The smallest absolute Gasteiger partial charge is 0.263 e. The average Bonchev–Trinajstić information content (AvgIpc) is 2.99. The highest BCUT2D eigenvalue weighted by Crippen LogP contribution is 2.34. The minimum atomic E-state index is 0.0599. The Morgan fingerprint density at radius 3 is 2.64 bits per heavy atom. The molecule has 2 heterocycles. The van der Waals surface area contributed by atoms with Crippen molar-refractivity contribution in [2.24, 2.45) is 0 Å². The number of carbonyl (C=O) groups is 1. The SMILES string of the molecule is CCN(CC)C(=O)CSc1nc2sc3c(c2c(=O)n1CC)CCCC3. The molecule has 0 aliphatic heterocycles. The quantitative estimate of drug-likeness (QED) is 0.571. The number of aromatic nitrogens is 2. The molecule has 0 aromatic carbocycles. The zero-order chi connectivity index (χ0) is 18.0. The largest absolute Gasteiger partial charge is 0.343 e. The number of carbonyl (C=O) groups excluding carboxylic acids is 1.